The van der Waals surface area contributed by atoms with Gasteiger partial charge in [-0.05, 0) is 29.8 Å². The van der Waals surface area contributed by atoms with Crippen molar-refractivity contribution in [1.29, 1.82) is 0 Å². The fourth-order valence-corrected chi connectivity index (χ4v) is 2.13. The highest BCUT2D eigenvalue weighted by molar-refractivity contribution is 5.80. The lowest BCUT2D eigenvalue weighted by molar-refractivity contribution is -0.120. The first-order valence-corrected chi connectivity index (χ1v) is 6.73. The summed E-state index contributed by atoms with van der Waals surface area (Å²) in [4.78, 5) is 20.3. The van der Waals surface area contributed by atoms with Gasteiger partial charge in [-0.15, -0.1) is 0 Å². The Morgan fingerprint density at radius 1 is 1.29 bits per heavy atom. The summed E-state index contributed by atoms with van der Waals surface area (Å²) in [7, 11) is 0. The molecule has 1 aromatic carbocycles. The molecule has 0 aliphatic carbocycles. The molecular weight excluding hydrogens is 266 g/mol. The van der Waals surface area contributed by atoms with Crippen LogP contribution >= 0.6 is 0 Å². The number of carbonyl (C=O) groups excluding carboxylic acids is 1. The van der Waals surface area contributed by atoms with Crippen LogP contribution in [0.4, 0.5) is 0 Å². The number of hydrogen-bond acceptors (Lipinski definition) is 4. The molecule has 0 spiro atoms. The lowest BCUT2D eigenvalue weighted by atomic mass is 10.1. The summed E-state index contributed by atoms with van der Waals surface area (Å²) < 4.78 is 5.47. The molecule has 1 N–H and O–H groups in total. The number of benzene rings is 1. The molecule has 3 aromatic rings. The molecule has 5 heteroatoms. The van der Waals surface area contributed by atoms with Crippen LogP contribution in [0.3, 0.4) is 0 Å². The Balaban J connectivity index is 1.63. The standard InChI is InChI=1S/C16H15N3O2/c1-11-19-14-6-5-12(8-15(14)21-11)9-16(20)18-10-13-4-2-3-7-17-13/h2-8H,9-10H2,1H3,(H,18,20). The number of fused-ring (bicyclic) bond motifs is 1. The normalized spacial score (nSPS) is 10.7. The fourth-order valence-electron chi connectivity index (χ4n) is 2.13. The number of aryl methyl sites for hydroxylation is 1. The second-order valence-electron chi connectivity index (χ2n) is 4.81. The minimum Gasteiger partial charge on any atom is -0.441 e. The average Bonchev–Trinajstić information content (AvgIpc) is 2.85. The van der Waals surface area contributed by atoms with Crippen molar-refractivity contribution in [2.45, 2.75) is 19.9 Å². The molecule has 2 heterocycles. The Labute approximate surface area is 122 Å². The number of hydrogen-bond donors (Lipinski definition) is 1. The Hall–Kier alpha value is -2.69. The van der Waals surface area contributed by atoms with Crippen molar-refractivity contribution >= 4 is 17.0 Å². The number of nitrogens with zero attached hydrogens (tertiary/aromatic N) is 2. The van der Waals surface area contributed by atoms with Gasteiger partial charge in [0.25, 0.3) is 0 Å². The first-order chi connectivity index (χ1) is 10.2. The second-order valence-corrected chi connectivity index (χ2v) is 4.81. The predicted octanol–water partition coefficient (Wildman–Crippen LogP) is 2.39. The fraction of sp³-hybridized carbons (Fsp3) is 0.188. The van der Waals surface area contributed by atoms with Crippen LogP contribution in [0.15, 0.2) is 47.0 Å². The van der Waals surface area contributed by atoms with E-state index in [1.54, 1.807) is 13.1 Å². The summed E-state index contributed by atoms with van der Waals surface area (Å²) >= 11 is 0. The zero-order chi connectivity index (χ0) is 14.7. The van der Waals surface area contributed by atoms with E-state index in [9.17, 15) is 4.79 Å². The van der Waals surface area contributed by atoms with Crippen molar-refractivity contribution in [2.75, 3.05) is 0 Å². The Morgan fingerprint density at radius 3 is 3.00 bits per heavy atom. The third-order valence-corrected chi connectivity index (χ3v) is 3.12. The highest BCUT2D eigenvalue weighted by Gasteiger charge is 2.07. The molecule has 21 heavy (non-hydrogen) atoms. The molecule has 0 unspecified atom stereocenters. The SMILES string of the molecule is Cc1nc2ccc(CC(=O)NCc3ccccn3)cc2o1. The number of amides is 1. The van der Waals surface area contributed by atoms with Gasteiger partial charge in [-0.3, -0.25) is 9.78 Å². The minimum absolute atomic E-state index is 0.0451. The van der Waals surface area contributed by atoms with Crippen molar-refractivity contribution < 1.29 is 9.21 Å². The van der Waals surface area contributed by atoms with E-state index in [0.717, 1.165) is 16.8 Å². The second kappa shape index (κ2) is 5.75. The molecule has 1 amide bonds. The van der Waals surface area contributed by atoms with Gasteiger partial charge in [0.1, 0.15) is 5.52 Å². The van der Waals surface area contributed by atoms with Crippen molar-refractivity contribution in [3.05, 3.63) is 59.7 Å². The third kappa shape index (κ3) is 3.25. The average molecular weight is 281 g/mol. The van der Waals surface area contributed by atoms with E-state index >= 15 is 0 Å². The molecule has 0 radical (unpaired) electrons. The molecule has 0 aliphatic heterocycles. The van der Waals surface area contributed by atoms with Crippen LogP contribution in [-0.4, -0.2) is 15.9 Å². The van der Waals surface area contributed by atoms with Crippen LogP contribution in [0, 0.1) is 6.92 Å². The topological polar surface area (TPSA) is 68.0 Å². The molecule has 2 aromatic heterocycles. The summed E-state index contributed by atoms with van der Waals surface area (Å²) in [6.07, 6.45) is 2.02. The largest absolute Gasteiger partial charge is 0.441 e. The number of rotatable bonds is 4. The highest BCUT2D eigenvalue weighted by atomic mass is 16.3. The molecule has 0 fully saturated rings. The van der Waals surface area contributed by atoms with Gasteiger partial charge in [0.15, 0.2) is 11.5 Å². The maximum absolute atomic E-state index is 11.9. The maximum Gasteiger partial charge on any atom is 0.224 e. The molecular formula is C16H15N3O2. The monoisotopic (exact) mass is 281 g/mol. The van der Waals surface area contributed by atoms with Gasteiger partial charge in [-0.2, -0.15) is 0 Å². The summed E-state index contributed by atoms with van der Waals surface area (Å²) in [5, 5.41) is 2.85. The molecule has 0 bridgehead atoms. The molecule has 3 rings (SSSR count). The number of aromatic nitrogens is 2. The lowest BCUT2D eigenvalue weighted by Gasteiger charge is -2.04. The van der Waals surface area contributed by atoms with Crippen LogP contribution in [0.5, 0.6) is 0 Å². The summed E-state index contributed by atoms with van der Waals surface area (Å²) in [5.41, 5.74) is 3.26. The van der Waals surface area contributed by atoms with E-state index in [1.807, 2.05) is 36.4 Å². The quantitative estimate of drug-likeness (QED) is 0.797. The van der Waals surface area contributed by atoms with Crippen LogP contribution in [0.1, 0.15) is 17.1 Å². The smallest absolute Gasteiger partial charge is 0.224 e. The lowest BCUT2D eigenvalue weighted by Crippen LogP contribution is -2.24. The van der Waals surface area contributed by atoms with Gasteiger partial charge in [0.2, 0.25) is 5.91 Å². The van der Waals surface area contributed by atoms with Gasteiger partial charge in [-0.1, -0.05) is 12.1 Å². The van der Waals surface area contributed by atoms with Gasteiger partial charge in [0.05, 0.1) is 18.7 Å². The van der Waals surface area contributed by atoms with Crippen molar-refractivity contribution in [3.8, 4) is 0 Å². The van der Waals surface area contributed by atoms with Gasteiger partial charge in [0, 0.05) is 13.1 Å². The molecule has 0 aliphatic rings. The molecule has 5 nitrogen and oxygen atoms in total. The van der Waals surface area contributed by atoms with Crippen LogP contribution < -0.4 is 5.32 Å². The Bertz CT molecular complexity index is 766. The van der Waals surface area contributed by atoms with Gasteiger partial charge >= 0.3 is 0 Å². The number of nitrogens with one attached hydrogen (secondary N) is 1. The summed E-state index contributed by atoms with van der Waals surface area (Å²) in [6.45, 7) is 2.24. The number of pyridine rings is 1. The molecule has 0 saturated carbocycles. The van der Waals surface area contributed by atoms with E-state index in [-0.39, 0.29) is 5.91 Å². The Kier molecular flexibility index (Phi) is 3.64. The predicted molar refractivity (Wildman–Crippen MR) is 78.5 cm³/mol. The molecule has 0 atom stereocenters. The van der Waals surface area contributed by atoms with Crippen molar-refractivity contribution in [3.63, 3.8) is 0 Å². The minimum atomic E-state index is -0.0451. The van der Waals surface area contributed by atoms with E-state index in [2.05, 4.69) is 15.3 Å². The zero-order valence-corrected chi connectivity index (χ0v) is 11.7. The van der Waals surface area contributed by atoms with Crippen molar-refractivity contribution in [2.24, 2.45) is 0 Å². The summed E-state index contributed by atoms with van der Waals surface area (Å²) in [6, 6.07) is 11.2. The van der Waals surface area contributed by atoms with Gasteiger partial charge < -0.3 is 9.73 Å². The zero-order valence-electron chi connectivity index (χ0n) is 11.7. The van der Waals surface area contributed by atoms with Crippen molar-refractivity contribution in [1.82, 2.24) is 15.3 Å². The molecule has 0 saturated heterocycles. The molecule has 106 valence electrons. The first-order valence-electron chi connectivity index (χ1n) is 6.73. The van der Waals surface area contributed by atoms with E-state index in [0.29, 0.717) is 24.4 Å². The highest BCUT2D eigenvalue weighted by Crippen LogP contribution is 2.17. The Morgan fingerprint density at radius 2 is 2.19 bits per heavy atom. The van der Waals surface area contributed by atoms with Crippen LogP contribution in [0.25, 0.3) is 11.1 Å². The van der Waals surface area contributed by atoms with Crippen LogP contribution in [-0.2, 0) is 17.8 Å². The van der Waals surface area contributed by atoms with Gasteiger partial charge in [-0.25, -0.2) is 4.98 Å². The summed E-state index contributed by atoms with van der Waals surface area (Å²) in [5.74, 6) is 0.581. The van der Waals surface area contributed by atoms with E-state index < -0.39 is 0 Å². The van der Waals surface area contributed by atoms with E-state index in [4.69, 9.17) is 4.42 Å². The number of carbonyl (C=O) groups is 1. The van der Waals surface area contributed by atoms with E-state index in [1.165, 1.54) is 0 Å². The van der Waals surface area contributed by atoms with Crippen LogP contribution in [0.2, 0.25) is 0 Å². The third-order valence-electron chi connectivity index (χ3n) is 3.12. The number of oxazole rings is 1. The maximum atomic E-state index is 11.9. The first kappa shape index (κ1) is 13.3.